The summed E-state index contributed by atoms with van der Waals surface area (Å²) in [6.45, 7) is 4.07. The van der Waals surface area contributed by atoms with Crippen LogP contribution in [0.15, 0.2) is 64.6 Å². The summed E-state index contributed by atoms with van der Waals surface area (Å²) < 4.78 is 12.2. The Morgan fingerprint density at radius 2 is 1.82 bits per heavy atom. The minimum absolute atomic E-state index is 0.133. The molecule has 1 saturated heterocycles. The van der Waals surface area contributed by atoms with Crippen molar-refractivity contribution in [2.24, 2.45) is 0 Å². The lowest BCUT2D eigenvalue weighted by Crippen LogP contribution is -2.54. The third kappa shape index (κ3) is 5.57. The van der Waals surface area contributed by atoms with Gasteiger partial charge in [-0.1, -0.05) is 51.8 Å². The van der Waals surface area contributed by atoms with Crippen molar-refractivity contribution < 1.29 is 23.9 Å². The van der Waals surface area contributed by atoms with Crippen molar-refractivity contribution in [1.29, 1.82) is 5.26 Å². The average Bonchev–Trinajstić information content (AvgIpc) is 2.89. The topological polar surface area (TPSA) is 109 Å². The molecule has 1 heterocycles. The summed E-state index contributed by atoms with van der Waals surface area (Å²) >= 11 is 9.66. The van der Waals surface area contributed by atoms with Crippen molar-refractivity contribution in [3.63, 3.8) is 0 Å². The van der Waals surface area contributed by atoms with Crippen LogP contribution in [0.1, 0.15) is 29.2 Å². The Bertz CT molecular complexity index is 1530. The Hall–Kier alpha value is -4.13. The number of carbonyl (C=O) groups is 3. The Kier molecular flexibility index (Phi) is 8.15. The zero-order chi connectivity index (χ0) is 27.4. The molecule has 0 aromatic heterocycles. The fourth-order valence-corrected chi connectivity index (χ4v) is 4.33. The van der Waals surface area contributed by atoms with Gasteiger partial charge in [0.15, 0.2) is 11.5 Å². The monoisotopic (exact) mass is 593 g/mol. The molecule has 0 aliphatic carbocycles. The molecule has 4 rings (SSSR count). The van der Waals surface area contributed by atoms with Crippen LogP contribution in [0.4, 0.5) is 10.5 Å². The minimum atomic E-state index is -0.868. The SMILES string of the molecule is CCOc1cc(/C=C2/C(=O)NC(=O)N(c3ccc(C)c(Cl)c3)C2=O)c(Br)cc1OCc1ccccc1C#N. The number of rotatable bonds is 7. The van der Waals surface area contributed by atoms with Gasteiger partial charge in [0.2, 0.25) is 0 Å². The molecule has 0 spiro atoms. The van der Waals surface area contributed by atoms with Gasteiger partial charge in [0.1, 0.15) is 12.2 Å². The van der Waals surface area contributed by atoms with E-state index in [4.69, 9.17) is 21.1 Å². The van der Waals surface area contributed by atoms with Gasteiger partial charge < -0.3 is 9.47 Å². The number of ether oxygens (including phenoxy) is 2. The highest BCUT2D eigenvalue weighted by atomic mass is 79.9. The van der Waals surface area contributed by atoms with Crippen LogP contribution in [0.2, 0.25) is 5.02 Å². The van der Waals surface area contributed by atoms with Gasteiger partial charge in [0, 0.05) is 15.1 Å². The average molecular weight is 595 g/mol. The van der Waals surface area contributed by atoms with Crippen LogP contribution in [0.5, 0.6) is 11.5 Å². The maximum absolute atomic E-state index is 13.3. The smallest absolute Gasteiger partial charge is 0.335 e. The summed E-state index contributed by atoms with van der Waals surface area (Å²) in [5, 5.41) is 11.9. The van der Waals surface area contributed by atoms with Gasteiger partial charge in [0.05, 0.1) is 23.9 Å². The van der Waals surface area contributed by atoms with E-state index in [9.17, 15) is 19.6 Å². The second kappa shape index (κ2) is 11.5. The van der Waals surface area contributed by atoms with Crippen LogP contribution in [0.3, 0.4) is 0 Å². The molecule has 0 atom stereocenters. The lowest BCUT2D eigenvalue weighted by Gasteiger charge is -2.26. The summed E-state index contributed by atoms with van der Waals surface area (Å²) in [4.78, 5) is 39.3. The summed E-state index contributed by atoms with van der Waals surface area (Å²) in [6, 6.07) is 16.4. The molecule has 0 radical (unpaired) electrons. The van der Waals surface area contributed by atoms with E-state index in [1.165, 1.54) is 12.1 Å². The highest BCUT2D eigenvalue weighted by molar-refractivity contribution is 9.10. The van der Waals surface area contributed by atoms with Gasteiger partial charge in [-0.15, -0.1) is 0 Å². The molecule has 1 aliphatic heterocycles. The van der Waals surface area contributed by atoms with E-state index in [-0.39, 0.29) is 17.9 Å². The van der Waals surface area contributed by atoms with Crippen molar-refractivity contribution in [3.8, 4) is 17.6 Å². The molecule has 10 heteroatoms. The van der Waals surface area contributed by atoms with E-state index < -0.39 is 17.8 Å². The molecule has 0 saturated carbocycles. The number of hydrogen-bond acceptors (Lipinski definition) is 6. The predicted octanol–water partition coefficient (Wildman–Crippen LogP) is 5.93. The van der Waals surface area contributed by atoms with E-state index in [1.54, 1.807) is 49.4 Å². The number of nitrogens with zero attached hydrogens (tertiary/aromatic N) is 2. The largest absolute Gasteiger partial charge is 0.490 e. The van der Waals surface area contributed by atoms with Crippen molar-refractivity contribution in [3.05, 3.63) is 91.9 Å². The first-order valence-corrected chi connectivity index (χ1v) is 12.6. The number of imide groups is 2. The van der Waals surface area contributed by atoms with Gasteiger partial charge in [-0.05, 0) is 61.4 Å². The highest BCUT2D eigenvalue weighted by Crippen LogP contribution is 2.36. The van der Waals surface area contributed by atoms with E-state index in [2.05, 4.69) is 27.3 Å². The number of anilines is 1. The van der Waals surface area contributed by atoms with E-state index in [0.717, 1.165) is 10.5 Å². The summed E-state index contributed by atoms with van der Waals surface area (Å²) in [5.41, 5.74) is 2.43. The number of carbonyl (C=O) groups excluding carboxylic acids is 3. The molecule has 192 valence electrons. The Labute approximate surface area is 232 Å². The van der Waals surface area contributed by atoms with Gasteiger partial charge >= 0.3 is 6.03 Å². The molecule has 3 aromatic rings. The third-order valence-corrected chi connectivity index (χ3v) is 6.79. The van der Waals surface area contributed by atoms with E-state index in [0.29, 0.717) is 44.3 Å². The molecule has 1 N–H and O–H groups in total. The fraction of sp³-hybridized carbons (Fsp3) is 0.143. The Balaban J connectivity index is 1.68. The van der Waals surface area contributed by atoms with Gasteiger partial charge in [0.25, 0.3) is 11.8 Å². The molecule has 3 aromatic carbocycles. The van der Waals surface area contributed by atoms with Crippen molar-refractivity contribution in [1.82, 2.24) is 5.32 Å². The molecule has 1 aliphatic rings. The second-order valence-electron chi connectivity index (χ2n) is 8.20. The van der Waals surface area contributed by atoms with Crippen molar-refractivity contribution in [2.75, 3.05) is 11.5 Å². The lowest BCUT2D eigenvalue weighted by molar-refractivity contribution is -0.122. The van der Waals surface area contributed by atoms with Gasteiger partial charge in [-0.2, -0.15) is 5.26 Å². The van der Waals surface area contributed by atoms with Crippen molar-refractivity contribution >= 4 is 57.1 Å². The molecular formula is C28H21BrClN3O5. The number of barbiturate groups is 1. The number of nitriles is 1. The maximum atomic E-state index is 13.3. The number of aryl methyl sites for hydroxylation is 1. The number of nitrogens with one attached hydrogen (secondary N) is 1. The molecule has 38 heavy (non-hydrogen) atoms. The van der Waals surface area contributed by atoms with E-state index in [1.807, 2.05) is 13.0 Å². The number of amides is 4. The zero-order valence-corrected chi connectivity index (χ0v) is 22.7. The van der Waals surface area contributed by atoms with Crippen LogP contribution in [0.25, 0.3) is 6.08 Å². The standard InChI is InChI=1S/C28H21BrClN3O5/c1-3-37-24-11-19(22(29)13-25(24)38-15-18-7-5-4-6-17(18)14-31)10-21-26(34)32-28(36)33(27(21)35)20-9-8-16(2)23(30)12-20/h4-13H,3,15H2,1-2H3,(H,32,34,36)/b21-10-. The van der Waals surface area contributed by atoms with Gasteiger partial charge in [-0.25, -0.2) is 9.69 Å². The number of hydrogen-bond donors (Lipinski definition) is 1. The van der Waals surface area contributed by atoms with Crippen LogP contribution in [-0.4, -0.2) is 24.5 Å². The quantitative estimate of drug-likeness (QED) is 0.268. The maximum Gasteiger partial charge on any atom is 0.335 e. The van der Waals surface area contributed by atoms with Gasteiger partial charge in [-0.3, -0.25) is 14.9 Å². The summed E-state index contributed by atoms with van der Waals surface area (Å²) in [7, 11) is 0. The van der Waals surface area contributed by atoms with Crippen LogP contribution in [-0.2, 0) is 16.2 Å². The highest BCUT2D eigenvalue weighted by Gasteiger charge is 2.37. The molecule has 1 fully saturated rings. The molecule has 0 bridgehead atoms. The molecule has 4 amide bonds. The zero-order valence-electron chi connectivity index (χ0n) is 20.4. The fourth-order valence-electron chi connectivity index (χ4n) is 3.72. The first-order valence-electron chi connectivity index (χ1n) is 11.5. The number of benzene rings is 3. The molecule has 0 unspecified atom stereocenters. The second-order valence-corrected chi connectivity index (χ2v) is 9.46. The normalized spacial score (nSPS) is 14.3. The summed E-state index contributed by atoms with van der Waals surface area (Å²) in [6.07, 6.45) is 1.37. The van der Waals surface area contributed by atoms with E-state index >= 15 is 0 Å². The first kappa shape index (κ1) is 26.9. The summed E-state index contributed by atoms with van der Waals surface area (Å²) in [5.74, 6) is -0.845. The first-order chi connectivity index (χ1) is 18.2. The van der Waals surface area contributed by atoms with Crippen LogP contribution >= 0.6 is 27.5 Å². The Morgan fingerprint density at radius 3 is 2.53 bits per heavy atom. The number of urea groups is 1. The van der Waals surface area contributed by atoms with Crippen LogP contribution < -0.4 is 19.7 Å². The van der Waals surface area contributed by atoms with Crippen molar-refractivity contribution in [2.45, 2.75) is 20.5 Å². The minimum Gasteiger partial charge on any atom is -0.490 e. The predicted molar refractivity (Wildman–Crippen MR) is 146 cm³/mol. The molecule has 8 nitrogen and oxygen atoms in total. The molecular weight excluding hydrogens is 574 g/mol. The lowest BCUT2D eigenvalue weighted by atomic mass is 10.1. The third-order valence-electron chi connectivity index (χ3n) is 5.70. The van der Waals surface area contributed by atoms with Crippen LogP contribution in [0, 0.1) is 18.3 Å². The number of halogens is 2. The Morgan fingerprint density at radius 1 is 1.08 bits per heavy atom.